The van der Waals surface area contributed by atoms with Gasteiger partial charge in [-0.05, 0) is 36.1 Å². The van der Waals surface area contributed by atoms with Crippen LogP contribution in [-0.2, 0) is 4.79 Å². The van der Waals surface area contributed by atoms with E-state index < -0.39 is 17.3 Å². The van der Waals surface area contributed by atoms with Gasteiger partial charge in [0.15, 0.2) is 5.65 Å². The van der Waals surface area contributed by atoms with Crippen molar-refractivity contribution in [3.63, 3.8) is 0 Å². The van der Waals surface area contributed by atoms with E-state index in [1.165, 1.54) is 41.2 Å². The van der Waals surface area contributed by atoms with Crippen LogP contribution in [0.15, 0.2) is 54.1 Å². The Balaban J connectivity index is 1.82. The Hall–Kier alpha value is -4.54. The highest BCUT2D eigenvalue weighted by molar-refractivity contribution is 5.91. The molecule has 0 radical (unpaired) electrons. The second kappa shape index (κ2) is 11.1. The van der Waals surface area contributed by atoms with E-state index >= 15 is 4.39 Å². The number of nitrogens with zero attached hydrogens (tertiary/aromatic N) is 7. The summed E-state index contributed by atoms with van der Waals surface area (Å²) in [6.45, 7) is 12.8. The molecule has 1 saturated heterocycles. The summed E-state index contributed by atoms with van der Waals surface area (Å²) in [5, 5.41) is 0.277. The van der Waals surface area contributed by atoms with Crippen molar-refractivity contribution < 1.29 is 13.6 Å². The molecule has 212 valence electrons. The van der Waals surface area contributed by atoms with Crippen LogP contribution < -0.4 is 10.6 Å². The minimum absolute atomic E-state index is 0.0294. The van der Waals surface area contributed by atoms with Gasteiger partial charge < -0.3 is 9.80 Å². The van der Waals surface area contributed by atoms with Crippen LogP contribution in [0.2, 0.25) is 0 Å². The molecule has 3 aromatic heterocycles. The van der Waals surface area contributed by atoms with Crippen LogP contribution in [0.4, 0.5) is 14.6 Å². The highest BCUT2D eigenvalue weighted by Gasteiger charge is 2.28. The molecule has 0 atom stereocenters. The number of amides is 1. The Morgan fingerprint density at radius 2 is 1.59 bits per heavy atom. The average molecular weight is 560 g/mol. The van der Waals surface area contributed by atoms with E-state index in [0.29, 0.717) is 43.3 Å². The second-order valence-electron chi connectivity index (χ2n) is 10.5. The topological polar surface area (TPSA) is 97.1 Å². The van der Waals surface area contributed by atoms with E-state index in [1.54, 1.807) is 11.0 Å². The van der Waals surface area contributed by atoms with E-state index in [1.807, 2.05) is 32.6 Å². The Kier molecular flexibility index (Phi) is 7.61. The quantitative estimate of drug-likeness (QED) is 0.319. The van der Waals surface area contributed by atoms with Crippen LogP contribution in [0, 0.1) is 11.6 Å². The Labute approximate surface area is 236 Å². The number of benzene rings is 1. The predicted octanol–water partition coefficient (Wildman–Crippen LogP) is 4.60. The monoisotopic (exact) mass is 559 g/mol. The molecule has 11 heteroatoms. The number of anilines is 1. The Morgan fingerprint density at radius 1 is 0.951 bits per heavy atom. The maximum absolute atomic E-state index is 15.7. The molecule has 1 aliphatic heterocycles. The first-order valence-corrected chi connectivity index (χ1v) is 13.5. The average Bonchev–Trinajstić information content (AvgIpc) is 2.96. The predicted molar refractivity (Wildman–Crippen MR) is 153 cm³/mol. The maximum Gasteiger partial charge on any atom is 0.355 e. The van der Waals surface area contributed by atoms with Crippen molar-refractivity contribution in [2.24, 2.45) is 0 Å². The van der Waals surface area contributed by atoms with Crippen molar-refractivity contribution in [3.8, 4) is 16.9 Å². The van der Waals surface area contributed by atoms with E-state index in [-0.39, 0.29) is 45.9 Å². The lowest BCUT2D eigenvalue weighted by molar-refractivity contribution is -0.126. The Morgan fingerprint density at radius 3 is 2.17 bits per heavy atom. The van der Waals surface area contributed by atoms with Crippen LogP contribution in [0.3, 0.4) is 0 Å². The van der Waals surface area contributed by atoms with Gasteiger partial charge in [-0.1, -0.05) is 46.4 Å². The summed E-state index contributed by atoms with van der Waals surface area (Å²) in [4.78, 5) is 47.5. The number of fused-ring (bicyclic) bond motifs is 1. The molecule has 0 saturated carbocycles. The largest absolute Gasteiger partial charge is 0.355 e. The number of pyridine rings is 1. The highest BCUT2D eigenvalue weighted by atomic mass is 19.1. The molecule has 1 amide bonds. The molecule has 0 unspecified atom stereocenters. The summed E-state index contributed by atoms with van der Waals surface area (Å²) in [6, 6.07) is 7.03. The summed E-state index contributed by atoms with van der Waals surface area (Å²) < 4.78 is 31.9. The molecule has 5 rings (SSSR count). The molecule has 0 bridgehead atoms. The van der Waals surface area contributed by atoms with E-state index in [2.05, 4.69) is 26.5 Å². The third-order valence-electron chi connectivity index (χ3n) is 7.19. The zero-order valence-corrected chi connectivity index (χ0v) is 23.4. The molecule has 4 aromatic rings. The van der Waals surface area contributed by atoms with E-state index in [4.69, 9.17) is 0 Å². The smallest absolute Gasteiger partial charge is 0.352 e. The molecule has 4 heterocycles. The van der Waals surface area contributed by atoms with Crippen molar-refractivity contribution in [3.05, 3.63) is 82.8 Å². The van der Waals surface area contributed by atoms with Crippen LogP contribution in [0.25, 0.3) is 28.0 Å². The molecular weight excluding hydrogens is 528 g/mol. The minimum atomic E-state index is -0.756. The lowest BCUT2D eigenvalue weighted by Gasteiger charge is -2.35. The first kappa shape index (κ1) is 28.0. The van der Waals surface area contributed by atoms with Crippen LogP contribution in [-0.4, -0.2) is 61.5 Å². The SMILES string of the molecule is C=CC(=O)N1CCN(c2nc(=O)n(-c3c(C(C)C)ncnc3C(C)C)c3nc(-c4ccccc4F)c(F)cc23)CC1. The van der Waals surface area contributed by atoms with Crippen molar-refractivity contribution in [2.75, 3.05) is 31.1 Å². The lowest BCUT2D eigenvalue weighted by Crippen LogP contribution is -2.49. The van der Waals surface area contributed by atoms with E-state index in [0.717, 1.165) is 0 Å². The van der Waals surface area contributed by atoms with E-state index in [9.17, 15) is 14.0 Å². The zero-order valence-electron chi connectivity index (χ0n) is 23.4. The van der Waals surface area contributed by atoms with Crippen molar-refractivity contribution in [1.29, 1.82) is 0 Å². The van der Waals surface area contributed by atoms with Gasteiger partial charge >= 0.3 is 5.69 Å². The van der Waals surface area contributed by atoms with Crippen LogP contribution >= 0.6 is 0 Å². The number of hydrogen-bond donors (Lipinski definition) is 0. The fourth-order valence-electron chi connectivity index (χ4n) is 5.14. The number of aromatic nitrogens is 5. The van der Waals surface area contributed by atoms with Gasteiger partial charge in [0.2, 0.25) is 5.91 Å². The summed E-state index contributed by atoms with van der Waals surface area (Å²) in [6.07, 6.45) is 2.72. The number of piperazine rings is 1. The normalized spacial score (nSPS) is 13.9. The molecule has 1 fully saturated rings. The van der Waals surface area contributed by atoms with Crippen molar-refractivity contribution >= 4 is 22.8 Å². The minimum Gasteiger partial charge on any atom is -0.352 e. The zero-order chi connectivity index (χ0) is 29.4. The third kappa shape index (κ3) is 5.07. The summed E-state index contributed by atoms with van der Waals surface area (Å²) >= 11 is 0. The number of carbonyl (C=O) groups is 1. The number of carbonyl (C=O) groups excluding carboxylic acids is 1. The number of hydrogen-bond acceptors (Lipinski definition) is 7. The van der Waals surface area contributed by atoms with Gasteiger partial charge in [0.1, 0.15) is 29.5 Å². The second-order valence-corrected chi connectivity index (χ2v) is 10.5. The van der Waals surface area contributed by atoms with Gasteiger partial charge in [-0.2, -0.15) is 4.98 Å². The summed E-state index contributed by atoms with van der Waals surface area (Å²) in [5.74, 6) is -1.52. The number of rotatable bonds is 6. The van der Waals surface area contributed by atoms with Gasteiger partial charge in [0.05, 0.1) is 22.5 Å². The first-order chi connectivity index (χ1) is 19.6. The summed E-state index contributed by atoms with van der Waals surface area (Å²) in [5.41, 5.74) is 0.867. The molecule has 1 aromatic carbocycles. The van der Waals surface area contributed by atoms with Crippen molar-refractivity contribution in [2.45, 2.75) is 39.5 Å². The van der Waals surface area contributed by atoms with Gasteiger partial charge in [-0.15, -0.1) is 0 Å². The molecule has 0 aliphatic carbocycles. The fourth-order valence-corrected chi connectivity index (χ4v) is 5.14. The molecule has 1 aliphatic rings. The maximum atomic E-state index is 15.7. The van der Waals surface area contributed by atoms with Crippen molar-refractivity contribution in [1.82, 2.24) is 29.4 Å². The third-order valence-corrected chi connectivity index (χ3v) is 7.19. The standard InChI is InChI=1S/C30H31F2N7O2/c1-6-23(40)37-11-13-38(14-12-37)28-20-15-22(32)26(19-9-7-8-10-21(19)31)35-29(20)39(30(41)36-28)27-24(17(2)3)33-16-34-25(27)18(4)5/h6-10,15-18H,1,11-14H2,2-5H3. The van der Waals surface area contributed by atoms with Gasteiger partial charge in [0, 0.05) is 31.7 Å². The first-order valence-electron chi connectivity index (χ1n) is 13.5. The molecule has 41 heavy (non-hydrogen) atoms. The molecule has 0 N–H and O–H groups in total. The molecular formula is C30H31F2N7O2. The van der Waals surface area contributed by atoms with Gasteiger partial charge in [-0.25, -0.2) is 33.1 Å². The highest BCUT2D eigenvalue weighted by Crippen LogP contribution is 2.34. The van der Waals surface area contributed by atoms with Crippen LogP contribution in [0.5, 0.6) is 0 Å². The molecule has 0 spiro atoms. The van der Waals surface area contributed by atoms with Gasteiger partial charge in [0.25, 0.3) is 0 Å². The lowest BCUT2D eigenvalue weighted by atomic mass is 10.0. The molecule has 9 nitrogen and oxygen atoms in total. The Bertz CT molecular complexity index is 1680. The summed E-state index contributed by atoms with van der Waals surface area (Å²) in [7, 11) is 0. The fraction of sp³-hybridized carbons (Fsp3) is 0.333. The van der Waals surface area contributed by atoms with Gasteiger partial charge in [-0.3, -0.25) is 4.79 Å². The van der Waals surface area contributed by atoms with Crippen LogP contribution in [0.1, 0.15) is 50.9 Å². The number of halogens is 2.